The van der Waals surface area contributed by atoms with Crippen molar-refractivity contribution in [2.75, 3.05) is 18.5 Å². The van der Waals surface area contributed by atoms with Gasteiger partial charge in [-0.3, -0.25) is 19.4 Å². The fourth-order valence-corrected chi connectivity index (χ4v) is 14.2. The van der Waals surface area contributed by atoms with Crippen molar-refractivity contribution in [2.24, 2.45) is 46.3 Å². The Balaban J connectivity index is 0.746. The molecule has 4 saturated carbocycles. The molecular weight excluding hydrogens is 835 g/mol. The van der Waals surface area contributed by atoms with E-state index in [0.717, 1.165) is 89.4 Å². The van der Waals surface area contributed by atoms with E-state index in [0.29, 0.717) is 35.6 Å². The third kappa shape index (κ3) is 11.0. The van der Waals surface area contributed by atoms with Gasteiger partial charge in [0, 0.05) is 24.8 Å². The maximum Gasteiger partial charge on any atom is 0.306 e. The molecule has 0 spiro atoms. The van der Waals surface area contributed by atoms with Crippen LogP contribution in [0, 0.1) is 46.3 Å². The smallest absolute Gasteiger partial charge is 0.306 e. The van der Waals surface area contributed by atoms with E-state index in [1.54, 1.807) is 23.9 Å². The van der Waals surface area contributed by atoms with Gasteiger partial charge in [-0.05, 0) is 135 Å². The zero-order valence-corrected chi connectivity index (χ0v) is 40.9. The number of hydrogen-bond donors (Lipinski definition) is 1. The molecule has 0 amide bonds. The number of Topliss-reactive ketones (excluding diaryl/α,β-unsaturated/α-hetero) is 1. The van der Waals surface area contributed by atoms with Crippen LogP contribution in [-0.2, 0) is 23.8 Å². The van der Waals surface area contributed by atoms with Crippen LogP contribution in [0.25, 0.3) is 10.2 Å². The lowest BCUT2D eigenvalue weighted by atomic mass is 9.47. The maximum absolute atomic E-state index is 13.0. The summed E-state index contributed by atoms with van der Waals surface area (Å²) in [6.45, 7) is 14.9. The number of thiazole rings is 1. The molecule has 3 aromatic rings. The van der Waals surface area contributed by atoms with Gasteiger partial charge in [0.15, 0.2) is 10.9 Å². The molecule has 8 rings (SSSR count). The highest BCUT2D eigenvalue weighted by molar-refractivity contribution is 7.22. The van der Waals surface area contributed by atoms with E-state index in [-0.39, 0.29) is 48.9 Å². The predicted molar refractivity (Wildman–Crippen MR) is 257 cm³/mol. The third-order valence-electron chi connectivity index (χ3n) is 16.7. The number of nitrogens with zero attached hydrogens (tertiary/aromatic N) is 2. The summed E-state index contributed by atoms with van der Waals surface area (Å²) in [6.07, 6.45) is 22.2. The summed E-state index contributed by atoms with van der Waals surface area (Å²) in [5, 5.41) is 4.28. The number of rotatable bonds is 19. The summed E-state index contributed by atoms with van der Waals surface area (Å²) in [6, 6.07) is 9.00. The molecule has 65 heavy (non-hydrogen) atoms. The number of carbonyl (C=O) groups excluding carboxylic acids is 3. The third-order valence-corrected chi connectivity index (χ3v) is 17.7. The molecule has 3 unspecified atom stereocenters. The number of ketones is 1. The SMILES string of the molecule is CCC(=O)c1cc(Oc2ccc3nc(N[C@H]4CCCC[C@@H]4OC(=O)CCC(=O)OCCO[C@H]4CC[C@@]5(C)C(=CCC6C5CC[C@@]5(C)C6CC[C@@H]5[C@H](C)CCCC(C)C)C4)sc3c2)ccn1. The summed E-state index contributed by atoms with van der Waals surface area (Å²) in [5.74, 6) is 5.35. The van der Waals surface area contributed by atoms with Gasteiger partial charge in [0.1, 0.15) is 29.9 Å². The van der Waals surface area contributed by atoms with Crippen molar-refractivity contribution in [2.45, 2.75) is 175 Å². The van der Waals surface area contributed by atoms with Gasteiger partial charge >= 0.3 is 11.9 Å². The highest BCUT2D eigenvalue weighted by Crippen LogP contribution is 2.67. The maximum atomic E-state index is 13.0. The molecular formula is C54H75N3O7S. The van der Waals surface area contributed by atoms with Crippen molar-refractivity contribution >= 4 is 44.4 Å². The number of allylic oxidation sites excluding steroid dienone is 1. The predicted octanol–water partition coefficient (Wildman–Crippen LogP) is 13.1. The topological polar surface area (TPSA) is 126 Å². The molecule has 0 saturated heterocycles. The van der Waals surface area contributed by atoms with Gasteiger partial charge in [0.25, 0.3) is 0 Å². The quantitative estimate of drug-likeness (QED) is 0.0538. The molecule has 1 aromatic carbocycles. The van der Waals surface area contributed by atoms with Gasteiger partial charge in [-0.25, -0.2) is 4.98 Å². The number of esters is 2. The molecule has 2 heterocycles. The van der Waals surface area contributed by atoms with Crippen molar-refractivity contribution in [1.29, 1.82) is 0 Å². The van der Waals surface area contributed by atoms with Crippen LogP contribution in [0.2, 0.25) is 0 Å². The Morgan fingerprint density at radius 1 is 0.892 bits per heavy atom. The van der Waals surface area contributed by atoms with E-state index in [1.165, 1.54) is 69.1 Å². The molecule has 0 radical (unpaired) electrons. The van der Waals surface area contributed by atoms with E-state index in [4.69, 9.17) is 23.9 Å². The molecule has 0 aliphatic heterocycles. The number of carbonyl (C=O) groups is 3. The second-order valence-electron chi connectivity index (χ2n) is 21.2. The first kappa shape index (κ1) is 47.7. The number of nitrogens with one attached hydrogen (secondary N) is 1. The van der Waals surface area contributed by atoms with Crippen molar-refractivity contribution in [3.63, 3.8) is 0 Å². The first-order valence-electron chi connectivity index (χ1n) is 25.3. The van der Waals surface area contributed by atoms with E-state index in [9.17, 15) is 14.4 Å². The van der Waals surface area contributed by atoms with E-state index >= 15 is 0 Å². The van der Waals surface area contributed by atoms with Crippen LogP contribution in [0.4, 0.5) is 5.13 Å². The molecule has 0 bridgehead atoms. The van der Waals surface area contributed by atoms with Crippen molar-refractivity contribution < 1.29 is 33.3 Å². The van der Waals surface area contributed by atoms with Gasteiger partial charge < -0.3 is 24.3 Å². The molecule has 5 aliphatic rings. The van der Waals surface area contributed by atoms with Gasteiger partial charge in [0.05, 0.1) is 41.8 Å². The fourth-order valence-electron chi connectivity index (χ4n) is 13.2. The summed E-state index contributed by atoms with van der Waals surface area (Å²) in [7, 11) is 0. The molecule has 1 N–H and O–H groups in total. The van der Waals surface area contributed by atoms with Gasteiger partial charge in [-0.15, -0.1) is 0 Å². The molecule has 354 valence electrons. The Kier molecular flexibility index (Phi) is 15.4. The molecule has 10 atom stereocenters. The lowest BCUT2D eigenvalue weighted by molar-refractivity contribution is -0.155. The number of anilines is 1. The summed E-state index contributed by atoms with van der Waals surface area (Å²) in [4.78, 5) is 46.8. The standard InChI is InChI=1S/C54H75N3O7S/c1-7-47(58)46-32-39(25-28-55-46)63-38-16-20-45-49(33-38)65-52(57-45)56-44-13-8-9-14-48(44)64-51(60)22-21-50(59)62-30-29-61-37-23-26-53(5)36(31-37)15-17-40-42-19-18-41(35(4)12-10-11-34(2)3)54(42,6)27-24-43(40)53/h15-16,20,25,28,32-35,37,40-44,48H,7-14,17-19,21-24,26-27,29-31H2,1-6H3,(H,56,57)/t35-,37+,40?,41-,42?,43?,44+,48+,53+,54-/m1/s1. The van der Waals surface area contributed by atoms with Crippen LogP contribution >= 0.6 is 11.3 Å². The molecule has 5 aliphatic carbocycles. The number of aromatic nitrogens is 2. The van der Waals surface area contributed by atoms with Crippen LogP contribution in [0.3, 0.4) is 0 Å². The zero-order chi connectivity index (χ0) is 45.7. The van der Waals surface area contributed by atoms with E-state index < -0.39 is 11.9 Å². The minimum Gasteiger partial charge on any atom is -0.463 e. The van der Waals surface area contributed by atoms with E-state index in [2.05, 4.69) is 51.0 Å². The van der Waals surface area contributed by atoms with Crippen LogP contribution in [0.15, 0.2) is 48.2 Å². The number of benzene rings is 1. The van der Waals surface area contributed by atoms with Crippen molar-refractivity contribution in [3.05, 3.63) is 53.9 Å². The monoisotopic (exact) mass is 910 g/mol. The summed E-state index contributed by atoms with van der Waals surface area (Å²) < 4.78 is 24.8. The Labute approximate surface area is 391 Å². The molecule has 2 aromatic heterocycles. The van der Waals surface area contributed by atoms with Gasteiger partial charge in [-0.2, -0.15) is 0 Å². The number of hydrogen-bond acceptors (Lipinski definition) is 11. The van der Waals surface area contributed by atoms with Gasteiger partial charge in [-0.1, -0.05) is 90.2 Å². The first-order valence-corrected chi connectivity index (χ1v) is 26.1. The first-order chi connectivity index (χ1) is 31.3. The Bertz CT molecular complexity index is 2170. The Morgan fingerprint density at radius 3 is 2.54 bits per heavy atom. The normalized spacial score (nSPS) is 30.1. The van der Waals surface area contributed by atoms with Crippen molar-refractivity contribution in [1.82, 2.24) is 9.97 Å². The average molecular weight is 910 g/mol. The molecule has 10 nitrogen and oxygen atoms in total. The second-order valence-corrected chi connectivity index (χ2v) is 22.2. The highest BCUT2D eigenvalue weighted by atomic mass is 32.1. The number of pyridine rings is 1. The summed E-state index contributed by atoms with van der Waals surface area (Å²) in [5.41, 5.74) is 3.61. The molecule has 4 fully saturated rings. The highest BCUT2D eigenvalue weighted by Gasteiger charge is 2.59. The summed E-state index contributed by atoms with van der Waals surface area (Å²) >= 11 is 1.51. The minimum absolute atomic E-state index is 0.0172. The van der Waals surface area contributed by atoms with Gasteiger partial charge in [0.2, 0.25) is 0 Å². The largest absolute Gasteiger partial charge is 0.463 e. The zero-order valence-electron chi connectivity index (χ0n) is 40.0. The second kappa shape index (κ2) is 21.0. The fraction of sp³-hybridized carbons (Fsp3) is 0.685. The lowest BCUT2D eigenvalue weighted by Gasteiger charge is -2.58. The average Bonchev–Trinajstić information content (AvgIpc) is 3.87. The van der Waals surface area contributed by atoms with Crippen LogP contribution in [0.1, 0.15) is 168 Å². The Hall–Kier alpha value is -3.83. The van der Waals surface area contributed by atoms with Crippen LogP contribution < -0.4 is 10.1 Å². The number of fused-ring (bicyclic) bond motifs is 6. The van der Waals surface area contributed by atoms with E-state index in [1.807, 2.05) is 25.1 Å². The van der Waals surface area contributed by atoms with Crippen LogP contribution in [-0.4, -0.2) is 59.2 Å². The Morgan fingerprint density at radius 2 is 1.71 bits per heavy atom. The number of ether oxygens (including phenoxy) is 4. The minimum atomic E-state index is -0.402. The van der Waals surface area contributed by atoms with Crippen molar-refractivity contribution in [3.8, 4) is 11.5 Å². The van der Waals surface area contributed by atoms with Crippen LogP contribution in [0.5, 0.6) is 11.5 Å². The molecule has 11 heteroatoms. The lowest BCUT2D eigenvalue weighted by Crippen LogP contribution is -2.51.